The molecule has 1 aromatic carbocycles. The molecule has 0 spiro atoms. The molecule has 0 aliphatic heterocycles. The molecule has 2 aromatic rings. The number of halogens is 2. The van der Waals surface area contributed by atoms with Crippen molar-refractivity contribution >= 4 is 23.2 Å². The van der Waals surface area contributed by atoms with Crippen LogP contribution in [0.5, 0.6) is 0 Å². The van der Waals surface area contributed by atoms with Crippen molar-refractivity contribution in [1.29, 1.82) is 0 Å². The molecule has 112 valence electrons. The van der Waals surface area contributed by atoms with Crippen LogP contribution in [0.1, 0.15) is 24.5 Å². The Bertz CT molecular complexity index is 558. The van der Waals surface area contributed by atoms with Crippen LogP contribution < -0.4 is 5.32 Å². The van der Waals surface area contributed by atoms with Crippen LogP contribution in [0.3, 0.4) is 0 Å². The molecule has 0 aliphatic rings. The fourth-order valence-corrected chi connectivity index (χ4v) is 2.72. The molecular formula is C17H20Cl2N2. The van der Waals surface area contributed by atoms with E-state index in [4.69, 9.17) is 23.2 Å². The van der Waals surface area contributed by atoms with Crippen molar-refractivity contribution in [2.75, 3.05) is 6.54 Å². The van der Waals surface area contributed by atoms with Gasteiger partial charge in [0.2, 0.25) is 0 Å². The van der Waals surface area contributed by atoms with E-state index in [-0.39, 0.29) is 0 Å². The molecule has 1 atom stereocenters. The minimum absolute atomic E-state index is 0.324. The first kappa shape index (κ1) is 16.3. The van der Waals surface area contributed by atoms with E-state index in [2.05, 4.69) is 23.3 Å². The first-order valence-corrected chi connectivity index (χ1v) is 8.01. The maximum atomic E-state index is 6.28. The van der Waals surface area contributed by atoms with E-state index in [1.165, 1.54) is 5.56 Å². The summed E-state index contributed by atoms with van der Waals surface area (Å²) in [5, 5.41) is 5.08. The van der Waals surface area contributed by atoms with Crippen LogP contribution in [0.15, 0.2) is 42.7 Å². The van der Waals surface area contributed by atoms with Crippen molar-refractivity contribution in [3.05, 3.63) is 63.9 Å². The number of nitrogens with zero attached hydrogens (tertiary/aromatic N) is 1. The van der Waals surface area contributed by atoms with Crippen LogP contribution in [-0.4, -0.2) is 17.6 Å². The first-order chi connectivity index (χ1) is 10.2. The average molecular weight is 323 g/mol. The summed E-state index contributed by atoms with van der Waals surface area (Å²) in [5.41, 5.74) is 2.31. The highest BCUT2D eigenvalue weighted by Gasteiger charge is 2.12. The van der Waals surface area contributed by atoms with Crippen LogP contribution in [0.2, 0.25) is 10.0 Å². The highest BCUT2D eigenvalue weighted by Crippen LogP contribution is 2.22. The largest absolute Gasteiger partial charge is 0.313 e. The van der Waals surface area contributed by atoms with Gasteiger partial charge < -0.3 is 5.32 Å². The quantitative estimate of drug-likeness (QED) is 0.809. The third-order valence-electron chi connectivity index (χ3n) is 3.36. The van der Waals surface area contributed by atoms with E-state index >= 15 is 0 Å². The van der Waals surface area contributed by atoms with Gasteiger partial charge in [-0.05, 0) is 61.2 Å². The maximum Gasteiger partial charge on any atom is 0.0439 e. The predicted octanol–water partition coefficient (Wildman–Crippen LogP) is 4.54. The molecule has 4 heteroatoms. The first-order valence-electron chi connectivity index (χ1n) is 7.25. The van der Waals surface area contributed by atoms with Crippen molar-refractivity contribution in [3.63, 3.8) is 0 Å². The van der Waals surface area contributed by atoms with E-state index in [1.807, 2.05) is 30.5 Å². The van der Waals surface area contributed by atoms with Gasteiger partial charge in [0.15, 0.2) is 0 Å². The lowest BCUT2D eigenvalue weighted by atomic mass is 9.99. The Morgan fingerprint density at radius 2 is 2.05 bits per heavy atom. The average Bonchev–Trinajstić information content (AvgIpc) is 2.49. The van der Waals surface area contributed by atoms with Gasteiger partial charge in [-0.15, -0.1) is 0 Å². The second-order valence-corrected chi connectivity index (χ2v) is 6.00. The SMILES string of the molecule is CCCNC(Cc1cccnc1)Cc1cc(Cl)ccc1Cl. The fraction of sp³-hybridized carbons (Fsp3) is 0.353. The standard InChI is InChI=1S/C17H20Cl2N2/c1-2-7-21-16(9-13-4-3-8-20-12-13)11-14-10-15(18)5-6-17(14)19/h3-6,8,10,12,16,21H,2,7,9,11H2,1H3. The molecule has 21 heavy (non-hydrogen) atoms. The van der Waals surface area contributed by atoms with Crippen molar-refractivity contribution in [2.24, 2.45) is 0 Å². The van der Waals surface area contributed by atoms with Gasteiger partial charge in [0.1, 0.15) is 0 Å². The Hall–Kier alpha value is -1.09. The van der Waals surface area contributed by atoms with Crippen molar-refractivity contribution < 1.29 is 0 Å². The monoisotopic (exact) mass is 322 g/mol. The van der Waals surface area contributed by atoms with Gasteiger partial charge in [0, 0.05) is 28.5 Å². The Morgan fingerprint density at radius 1 is 1.19 bits per heavy atom. The maximum absolute atomic E-state index is 6.28. The highest BCUT2D eigenvalue weighted by atomic mass is 35.5. The lowest BCUT2D eigenvalue weighted by molar-refractivity contribution is 0.504. The van der Waals surface area contributed by atoms with Crippen LogP contribution in [0.25, 0.3) is 0 Å². The zero-order valence-corrected chi connectivity index (χ0v) is 13.7. The van der Waals surface area contributed by atoms with E-state index in [9.17, 15) is 0 Å². The second kappa shape index (κ2) is 8.38. The summed E-state index contributed by atoms with van der Waals surface area (Å²) in [4.78, 5) is 4.18. The number of rotatable bonds is 7. The van der Waals surface area contributed by atoms with Gasteiger partial charge in [-0.1, -0.05) is 36.2 Å². The molecule has 0 saturated heterocycles. The third kappa shape index (κ3) is 5.31. The highest BCUT2D eigenvalue weighted by molar-refractivity contribution is 6.33. The summed E-state index contributed by atoms with van der Waals surface area (Å²) >= 11 is 12.4. The topological polar surface area (TPSA) is 24.9 Å². The van der Waals surface area contributed by atoms with E-state index in [0.29, 0.717) is 6.04 Å². The Labute approximate surface area is 136 Å². The second-order valence-electron chi connectivity index (χ2n) is 5.16. The minimum Gasteiger partial charge on any atom is -0.313 e. The van der Waals surface area contributed by atoms with Crippen LogP contribution >= 0.6 is 23.2 Å². The molecule has 0 amide bonds. The molecule has 0 fully saturated rings. The smallest absolute Gasteiger partial charge is 0.0439 e. The fourth-order valence-electron chi connectivity index (χ4n) is 2.33. The Kier molecular flexibility index (Phi) is 6.50. The lowest BCUT2D eigenvalue weighted by Crippen LogP contribution is -2.34. The molecule has 0 aliphatic carbocycles. The van der Waals surface area contributed by atoms with Crippen LogP contribution in [0, 0.1) is 0 Å². The van der Waals surface area contributed by atoms with E-state index in [0.717, 1.165) is 41.4 Å². The number of nitrogens with one attached hydrogen (secondary N) is 1. The summed E-state index contributed by atoms with van der Waals surface area (Å²) in [6.45, 7) is 3.16. The number of hydrogen-bond donors (Lipinski definition) is 1. The summed E-state index contributed by atoms with van der Waals surface area (Å²) in [7, 11) is 0. The molecular weight excluding hydrogens is 303 g/mol. The molecule has 2 rings (SSSR count). The predicted molar refractivity (Wildman–Crippen MR) is 90.2 cm³/mol. The summed E-state index contributed by atoms with van der Waals surface area (Å²) in [5.74, 6) is 0. The van der Waals surface area contributed by atoms with Crippen LogP contribution in [-0.2, 0) is 12.8 Å². The Balaban J connectivity index is 2.10. The van der Waals surface area contributed by atoms with Gasteiger partial charge >= 0.3 is 0 Å². The van der Waals surface area contributed by atoms with Crippen molar-refractivity contribution in [3.8, 4) is 0 Å². The Morgan fingerprint density at radius 3 is 2.76 bits per heavy atom. The zero-order chi connectivity index (χ0) is 15.1. The van der Waals surface area contributed by atoms with Crippen molar-refractivity contribution in [1.82, 2.24) is 10.3 Å². The summed E-state index contributed by atoms with van der Waals surface area (Å²) < 4.78 is 0. The van der Waals surface area contributed by atoms with E-state index < -0.39 is 0 Å². The molecule has 1 N–H and O–H groups in total. The molecule has 0 saturated carbocycles. The minimum atomic E-state index is 0.324. The third-order valence-corrected chi connectivity index (χ3v) is 3.97. The molecule has 0 radical (unpaired) electrons. The van der Waals surface area contributed by atoms with Gasteiger partial charge in [0.25, 0.3) is 0 Å². The molecule has 1 unspecified atom stereocenters. The number of pyridine rings is 1. The van der Waals surface area contributed by atoms with Gasteiger partial charge in [-0.25, -0.2) is 0 Å². The van der Waals surface area contributed by atoms with Crippen molar-refractivity contribution in [2.45, 2.75) is 32.2 Å². The van der Waals surface area contributed by atoms with E-state index in [1.54, 1.807) is 6.20 Å². The number of hydrogen-bond acceptors (Lipinski definition) is 2. The summed E-state index contributed by atoms with van der Waals surface area (Å²) in [6, 6.07) is 10.0. The van der Waals surface area contributed by atoms with Gasteiger partial charge in [-0.3, -0.25) is 4.98 Å². The zero-order valence-electron chi connectivity index (χ0n) is 12.2. The lowest BCUT2D eigenvalue weighted by Gasteiger charge is -2.19. The van der Waals surface area contributed by atoms with Crippen LogP contribution in [0.4, 0.5) is 0 Å². The number of benzene rings is 1. The molecule has 0 bridgehead atoms. The number of aromatic nitrogens is 1. The molecule has 1 heterocycles. The van der Waals surface area contributed by atoms with Gasteiger partial charge in [0.05, 0.1) is 0 Å². The molecule has 2 nitrogen and oxygen atoms in total. The normalized spacial score (nSPS) is 12.3. The molecule has 1 aromatic heterocycles. The summed E-state index contributed by atoms with van der Waals surface area (Å²) in [6.07, 6.45) is 6.60. The van der Waals surface area contributed by atoms with Gasteiger partial charge in [-0.2, -0.15) is 0 Å².